The van der Waals surface area contributed by atoms with Crippen LogP contribution in [0.4, 0.5) is 4.39 Å². The molecule has 0 heterocycles. The minimum absolute atomic E-state index is 0.104. The van der Waals surface area contributed by atoms with Gasteiger partial charge in [-0.1, -0.05) is 25.3 Å². The van der Waals surface area contributed by atoms with Gasteiger partial charge >= 0.3 is 0 Å². The number of benzene rings is 1. The molecule has 1 aliphatic rings. The molecule has 0 bridgehead atoms. The first-order valence-electron chi connectivity index (χ1n) is 7.32. The summed E-state index contributed by atoms with van der Waals surface area (Å²) in [5.41, 5.74) is 0.104. The number of aldehydes is 1. The Labute approximate surface area is 123 Å². The summed E-state index contributed by atoms with van der Waals surface area (Å²) in [4.78, 5) is 23.0. The van der Waals surface area contributed by atoms with Crippen molar-refractivity contribution < 1.29 is 18.7 Å². The van der Waals surface area contributed by atoms with Gasteiger partial charge in [0.05, 0.1) is 5.56 Å². The monoisotopic (exact) mass is 293 g/mol. The molecule has 1 unspecified atom stereocenters. The summed E-state index contributed by atoms with van der Waals surface area (Å²) in [7, 11) is 0. The fourth-order valence-corrected chi connectivity index (χ4v) is 2.54. The highest BCUT2D eigenvalue weighted by Crippen LogP contribution is 2.23. The first-order chi connectivity index (χ1) is 10.1. The normalized spacial score (nSPS) is 17.0. The van der Waals surface area contributed by atoms with Crippen LogP contribution < -0.4 is 10.1 Å². The van der Waals surface area contributed by atoms with E-state index in [0.717, 1.165) is 25.7 Å². The van der Waals surface area contributed by atoms with Crippen LogP contribution in [0.25, 0.3) is 0 Å². The SMILES string of the molecule is CC(Oc1c(F)cccc1C=O)C(=O)NC1CCCCC1. The lowest BCUT2D eigenvalue weighted by molar-refractivity contribution is -0.128. The fourth-order valence-electron chi connectivity index (χ4n) is 2.54. The molecule has 1 aromatic carbocycles. The van der Waals surface area contributed by atoms with E-state index in [4.69, 9.17) is 4.74 Å². The van der Waals surface area contributed by atoms with Crippen molar-refractivity contribution in [2.45, 2.75) is 51.2 Å². The second-order valence-corrected chi connectivity index (χ2v) is 5.38. The van der Waals surface area contributed by atoms with Crippen LogP contribution in [-0.4, -0.2) is 24.3 Å². The highest BCUT2D eigenvalue weighted by Gasteiger charge is 2.22. The number of rotatable bonds is 5. The Morgan fingerprint density at radius 1 is 1.38 bits per heavy atom. The summed E-state index contributed by atoms with van der Waals surface area (Å²) in [5.74, 6) is -1.09. The van der Waals surface area contributed by atoms with Crippen molar-refractivity contribution >= 4 is 12.2 Å². The first-order valence-corrected chi connectivity index (χ1v) is 7.32. The minimum atomic E-state index is -0.845. The summed E-state index contributed by atoms with van der Waals surface area (Å²) < 4.78 is 19.1. The maximum absolute atomic E-state index is 13.7. The molecule has 1 N–H and O–H groups in total. The van der Waals surface area contributed by atoms with Crippen molar-refractivity contribution in [1.29, 1.82) is 0 Å². The lowest BCUT2D eigenvalue weighted by Crippen LogP contribution is -2.43. The lowest BCUT2D eigenvalue weighted by atomic mass is 9.95. The third kappa shape index (κ3) is 4.03. The van der Waals surface area contributed by atoms with Gasteiger partial charge in [0.1, 0.15) is 0 Å². The van der Waals surface area contributed by atoms with Crippen LogP contribution in [-0.2, 0) is 4.79 Å². The summed E-state index contributed by atoms with van der Waals surface area (Å²) in [5, 5.41) is 2.92. The second kappa shape index (κ2) is 7.20. The van der Waals surface area contributed by atoms with Crippen molar-refractivity contribution in [2.75, 3.05) is 0 Å². The van der Waals surface area contributed by atoms with E-state index >= 15 is 0 Å². The highest BCUT2D eigenvalue weighted by molar-refractivity contribution is 5.82. The summed E-state index contributed by atoms with van der Waals surface area (Å²) >= 11 is 0. The third-order valence-electron chi connectivity index (χ3n) is 3.74. The van der Waals surface area contributed by atoms with Crippen LogP contribution in [0, 0.1) is 5.82 Å². The molecular weight excluding hydrogens is 273 g/mol. The summed E-state index contributed by atoms with van der Waals surface area (Å²) in [6.45, 7) is 1.55. The molecule has 114 valence electrons. The van der Waals surface area contributed by atoms with Crippen LogP contribution in [0.2, 0.25) is 0 Å². The number of carbonyl (C=O) groups is 2. The van der Waals surface area contributed by atoms with Crippen LogP contribution in [0.5, 0.6) is 5.75 Å². The maximum Gasteiger partial charge on any atom is 0.260 e. The molecule has 5 heteroatoms. The van der Waals surface area contributed by atoms with E-state index in [0.29, 0.717) is 6.29 Å². The van der Waals surface area contributed by atoms with Crippen molar-refractivity contribution in [3.63, 3.8) is 0 Å². The minimum Gasteiger partial charge on any atom is -0.477 e. The van der Waals surface area contributed by atoms with E-state index < -0.39 is 11.9 Å². The Balaban J connectivity index is 1.98. The summed E-state index contributed by atoms with van der Waals surface area (Å²) in [6.07, 6.45) is 5.05. The van der Waals surface area contributed by atoms with Crippen LogP contribution in [0.15, 0.2) is 18.2 Å². The van der Waals surface area contributed by atoms with Gasteiger partial charge in [-0.15, -0.1) is 0 Å². The van der Waals surface area contributed by atoms with E-state index in [1.807, 2.05) is 0 Å². The number of halogens is 1. The fraction of sp³-hybridized carbons (Fsp3) is 0.500. The average molecular weight is 293 g/mol. The van der Waals surface area contributed by atoms with E-state index in [1.165, 1.54) is 24.6 Å². The van der Waals surface area contributed by atoms with Crippen LogP contribution >= 0.6 is 0 Å². The largest absolute Gasteiger partial charge is 0.477 e. The number of hydrogen-bond donors (Lipinski definition) is 1. The van der Waals surface area contributed by atoms with Crippen molar-refractivity contribution in [2.24, 2.45) is 0 Å². The molecule has 0 radical (unpaired) electrons. The lowest BCUT2D eigenvalue weighted by Gasteiger charge is -2.25. The maximum atomic E-state index is 13.7. The van der Waals surface area contributed by atoms with Crippen molar-refractivity contribution in [3.8, 4) is 5.75 Å². The van der Waals surface area contributed by atoms with Crippen molar-refractivity contribution in [1.82, 2.24) is 5.32 Å². The van der Waals surface area contributed by atoms with E-state index in [9.17, 15) is 14.0 Å². The second-order valence-electron chi connectivity index (χ2n) is 5.38. The third-order valence-corrected chi connectivity index (χ3v) is 3.74. The Morgan fingerprint density at radius 2 is 2.10 bits per heavy atom. The number of hydrogen-bond acceptors (Lipinski definition) is 3. The van der Waals surface area contributed by atoms with Gasteiger partial charge in [0.25, 0.3) is 5.91 Å². The quantitative estimate of drug-likeness (QED) is 0.849. The number of amides is 1. The van der Waals surface area contributed by atoms with Crippen LogP contribution in [0.1, 0.15) is 49.4 Å². The van der Waals surface area contributed by atoms with Gasteiger partial charge in [-0.25, -0.2) is 4.39 Å². The van der Waals surface area contributed by atoms with Crippen molar-refractivity contribution in [3.05, 3.63) is 29.6 Å². The number of carbonyl (C=O) groups excluding carboxylic acids is 2. The number of nitrogens with one attached hydrogen (secondary N) is 1. The Morgan fingerprint density at radius 3 is 2.76 bits per heavy atom. The van der Waals surface area contributed by atoms with Gasteiger partial charge in [0.15, 0.2) is 24.0 Å². The molecule has 1 fully saturated rings. The molecular formula is C16H20FNO3. The zero-order chi connectivity index (χ0) is 15.2. The average Bonchev–Trinajstić information content (AvgIpc) is 2.50. The molecule has 1 amide bonds. The zero-order valence-corrected chi connectivity index (χ0v) is 12.1. The molecule has 0 saturated heterocycles. The van der Waals surface area contributed by atoms with Gasteiger partial charge < -0.3 is 10.1 Å². The highest BCUT2D eigenvalue weighted by atomic mass is 19.1. The van der Waals surface area contributed by atoms with E-state index in [1.54, 1.807) is 6.92 Å². The Hall–Kier alpha value is -1.91. The first kappa shape index (κ1) is 15.5. The number of para-hydroxylation sites is 1. The standard InChI is InChI=1S/C16H20FNO3/c1-11(16(20)18-13-7-3-2-4-8-13)21-15-12(10-19)6-5-9-14(15)17/h5-6,9-11,13H,2-4,7-8H2,1H3,(H,18,20). The smallest absolute Gasteiger partial charge is 0.260 e. The molecule has 0 aliphatic heterocycles. The van der Waals surface area contributed by atoms with E-state index in [2.05, 4.69) is 5.32 Å². The molecule has 2 rings (SSSR count). The molecule has 1 saturated carbocycles. The van der Waals surface area contributed by atoms with Gasteiger partial charge in [0, 0.05) is 6.04 Å². The van der Waals surface area contributed by atoms with Gasteiger partial charge in [-0.3, -0.25) is 9.59 Å². The molecule has 1 aliphatic carbocycles. The van der Waals surface area contributed by atoms with Gasteiger partial charge in [-0.2, -0.15) is 0 Å². The topological polar surface area (TPSA) is 55.4 Å². The summed E-state index contributed by atoms with van der Waals surface area (Å²) in [6, 6.07) is 4.26. The Bertz CT molecular complexity index is 512. The molecule has 1 aromatic rings. The zero-order valence-electron chi connectivity index (χ0n) is 12.1. The predicted molar refractivity (Wildman–Crippen MR) is 76.9 cm³/mol. The predicted octanol–water partition coefficient (Wildman–Crippen LogP) is 2.85. The molecule has 0 aromatic heterocycles. The van der Waals surface area contributed by atoms with Crippen LogP contribution in [0.3, 0.4) is 0 Å². The molecule has 0 spiro atoms. The molecule has 1 atom stereocenters. The van der Waals surface area contributed by atoms with E-state index in [-0.39, 0.29) is 23.3 Å². The molecule has 21 heavy (non-hydrogen) atoms. The molecule has 4 nitrogen and oxygen atoms in total. The van der Waals surface area contributed by atoms with Gasteiger partial charge in [-0.05, 0) is 31.9 Å². The van der Waals surface area contributed by atoms with Gasteiger partial charge in [0.2, 0.25) is 0 Å². The number of ether oxygens (including phenoxy) is 1. The Kier molecular flexibility index (Phi) is 5.31.